The molecule has 3 rings (SSSR count). The minimum absolute atomic E-state index is 0.0481. The number of allylic oxidation sites excluding steroid dienone is 1. The van der Waals surface area contributed by atoms with E-state index in [4.69, 9.17) is 0 Å². The summed E-state index contributed by atoms with van der Waals surface area (Å²) in [4.78, 5) is 2.34. The number of benzene rings is 2. The maximum absolute atomic E-state index is 11.7. The van der Waals surface area contributed by atoms with Crippen molar-refractivity contribution in [3.05, 3.63) is 65.7 Å². The van der Waals surface area contributed by atoms with Gasteiger partial charge in [-0.3, -0.25) is 4.18 Å². The molecule has 2 aromatic carbocycles. The van der Waals surface area contributed by atoms with Gasteiger partial charge >= 0.3 is 33.0 Å². The summed E-state index contributed by atoms with van der Waals surface area (Å²) in [5.74, 6) is 0.0481. The molecule has 0 amide bonds. The second-order valence-electron chi connectivity index (χ2n) is 9.87. The molecular weight excluding hydrogens is 577 g/mol. The van der Waals surface area contributed by atoms with Crippen LogP contribution >= 0.6 is 7.81 Å². The molecule has 40 heavy (non-hydrogen) atoms. The fourth-order valence-corrected chi connectivity index (χ4v) is 5.30. The van der Waals surface area contributed by atoms with Gasteiger partial charge in [0.15, 0.2) is 5.71 Å². The minimum atomic E-state index is -10.7. The molecule has 0 atom stereocenters. The van der Waals surface area contributed by atoms with E-state index in [1.807, 2.05) is 0 Å². The van der Waals surface area contributed by atoms with Gasteiger partial charge in [-0.25, -0.2) is 0 Å². The molecule has 0 saturated heterocycles. The van der Waals surface area contributed by atoms with E-state index in [0.29, 0.717) is 6.42 Å². The molecule has 0 radical (unpaired) electrons. The Morgan fingerprint density at radius 1 is 0.900 bits per heavy atom. The molecule has 1 heterocycles. The Morgan fingerprint density at radius 2 is 1.45 bits per heavy atom. The first kappa shape index (κ1) is 33.8. The number of anilines is 1. The van der Waals surface area contributed by atoms with Gasteiger partial charge in [0.25, 0.3) is 10.1 Å². The van der Waals surface area contributed by atoms with Crippen LogP contribution in [0.2, 0.25) is 0 Å². The number of hydrogen-bond donors (Lipinski definition) is 0. The van der Waals surface area contributed by atoms with Crippen LogP contribution in [0.5, 0.6) is 0 Å². The zero-order valence-electron chi connectivity index (χ0n) is 23.3. The first-order valence-electron chi connectivity index (χ1n) is 12.8. The number of hydrogen-bond acceptors (Lipinski definition) is 4. The molecule has 2 aromatic rings. The Morgan fingerprint density at radius 3 is 1.98 bits per heavy atom. The van der Waals surface area contributed by atoms with Crippen molar-refractivity contribution in [3.8, 4) is 0 Å². The predicted molar refractivity (Wildman–Crippen MR) is 152 cm³/mol. The standard InChI is InChI=1S/C27H37N2O3S.F6P/c1-6-28(7-2)23-17-14-22(15-18-23)16-19-26-27(3,4)24-12-8-9-13-25(24)29(26)20-10-11-21-33(30,31)32-5;1-7(2,3,4,5)6/h8-9,12-19H,6-7,10-11,20-21H2,1-5H3;/q+1;-1. The van der Waals surface area contributed by atoms with Crippen molar-refractivity contribution in [2.24, 2.45) is 0 Å². The van der Waals surface area contributed by atoms with Crippen LogP contribution in [-0.2, 0) is 19.7 Å². The second kappa shape index (κ2) is 11.8. The number of unbranched alkanes of at least 4 members (excludes halogenated alkanes) is 1. The Balaban J connectivity index is 0.000000708. The molecule has 0 unspecified atom stereocenters. The monoisotopic (exact) mass is 614 g/mol. The van der Waals surface area contributed by atoms with E-state index >= 15 is 0 Å². The molecule has 1 aliphatic heterocycles. The molecule has 0 spiro atoms. The normalized spacial score (nSPS) is 16.7. The number of para-hydroxylation sites is 1. The molecule has 0 N–H and O–H groups in total. The van der Waals surface area contributed by atoms with Crippen LogP contribution < -0.4 is 4.90 Å². The first-order valence-corrected chi connectivity index (χ1v) is 16.4. The third kappa shape index (κ3) is 10.9. The van der Waals surface area contributed by atoms with Crippen LogP contribution in [0, 0.1) is 0 Å². The van der Waals surface area contributed by atoms with Gasteiger partial charge in [0.2, 0.25) is 5.69 Å². The number of rotatable bonds is 11. The van der Waals surface area contributed by atoms with E-state index in [9.17, 15) is 33.6 Å². The van der Waals surface area contributed by atoms with Crippen molar-refractivity contribution in [1.29, 1.82) is 0 Å². The van der Waals surface area contributed by atoms with Crippen LogP contribution in [0.3, 0.4) is 0 Å². The van der Waals surface area contributed by atoms with Crippen molar-refractivity contribution in [3.63, 3.8) is 0 Å². The average molecular weight is 615 g/mol. The van der Waals surface area contributed by atoms with Crippen molar-refractivity contribution >= 4 is 41.1 Å². The molecular formula is C27H37F6N2O3PS. The average Bonchev–Trinajstić information content (AvgIpc) is 3.06. The maximum atomic E-state index is 11.7. The fraction of sp³-hybridized carbons (Fsp3) is 0.444. The molecule has 226 valence electrons. The van der Waals surface area contributed by atoms with Crippen LogP contribution in [0.4, 0.5) is 36.6 Å². The van der Waals surface area contributed by atoms with Gasteiger partial charge in [-0.05, 0) is 57.9 Å². The van der Waals surface area contributed by atoms with Gasteiger partial charge in [-0.15, -0.1) is 0 Å². The van der Waals surface area contributed by atoms with Crippen LogP contribution in [-0.4, -0.2) is 51.2 Å². The molecule has 0 fully saturated rings. The molecule has 0 bridgehead atoms. The SMILES string of the molecule is CCN(CC)c1ccc(/C=C/C2=[N+](CCCCS(=O)(=O)OC)c3ccccc3C2(C)C)cc1.F[P-](F)(F)(F)(F)F. The van der Waals surface area contributed by atoms with E-state index < -0.39 is 17.9 Å². The van der Waals surface area contributed by atoms with E-state index in [1.165, 1.54) is 29.8 Å². The summed E-state index contributed by atoms with van der Waals surface area (Å²) in [6, 6.07) is 17.2. The topological polar surface area (TPSA) is 49.6 Å². The van der Waals surface area contributed by atoms with E-state index in [0.717, 1.165) is 31.6 Å². The second-order valence-corrected chi connectivity index (χ2v) is 13.6. The van der Waals surface area contributed by atoms with Gasteiger partial charge in [0.1, 0.15) is 6.54 Å². The summed E-state index contributed by atoms with van der Waals surface area (Å²) in [5.41, 5.74) is 6.00. The van der Waals surface area contributed by atoms with E-state index in [1.54, 1.807) is 0 Å². The summed E-state index contributed by atoms with van der Waals surface area (Å²) >= 11 is 0. The van der Waals surface area contributed by atoms with Crippen LogP contribution in [0.1, 0.15) is 51.7 Å². The van der Waals surface area contributed by atoms with Gasteiger partial charge in [0.05, 0.1) is 18.3 Å². The van der Waals surface area contributed by atoms with Crippen LogP contribution in [0.25, 0.3) is 6.08 Å². The van der Waals surface area contributed by atoms with E-state index in [2.05, 4.69) is 102 Å². The first-order chi connectivity index (χ1) is 18.2. The third-order valence-corrected chi connectivity index (χ3v) is 7.83. The summed E-state index contributed by atoms with van der Waals surface area (Å²) in [5, 5.41) is 0. The third-order valence-electron chi connectivity index (χ3n) is 6.53. The Labute approximate surface area is 232 Å². The van der Waals surface area contributed by atoms with Gasteiger partial charge < -0.3 is 4.90 Å². The summed E-state index contributed by atoms with van der Waals surface area (Å²) in [6.07, 6.45) is 5.73. The molecule has 0 aromatic heterocycles. The molecule has 1 aliphatic rings. The molecule has 13 heteroatoms. The van der Waals surface area contributed by atoms with Crippen molar-refractivity contribution < 1.29 is 42.4 Å². The zero-order chi connectivity index (χ0) is 30.5. The molecule has 0 saturated carbocycles. The van der Waals surface area contributed by atoms with Gasteiger partial charge in [-0.2, -0.15) is 13.0 Å². The van der Waals surface area contributed by atoms with Gasteiger partial charge in [-0.1, -0.05) is 30.3 Å². The number of nitrogens with zero attached hydrogens (tertiary/aromatic N) is 2. The van der Waals surface area contributed by atoms with E-state index in [-0.39, 0.29) is 11.2 Å². The summed E-state index contributed by atoms with van der Waals surface area (Å²) in [6.45, 7) is 11.6. The Bertz CT molecular complexity index is 1330. The fourth-order valence-electron chi connectivity index (χ4n) is 4.57. The number of halogens is 6. The Hall–Kier alpha value is -2.43. The predicted octanol–water partition coefficient (Wildman–Crippen LogP) is 8.76. The van der Waals surface area contributed by atoms with Crippen molar-refractivity contribution in [2.45, 2.75) is 46.0 Å². The summed E-state index contributed by atoms with van der Waals surface area (Å²) < 4.78 is 89.5. The van der Waals surface area contributed by atoms with Gasteiger partial charge in [0, 0.05) is 42.9 Å². The molecule has 0 aliphatic carbocycles. The van der Waals surface area contributed by atoms with Crippen LogP contribution in [0.15, 0.2) is 54.6 Å². The summed E-state index contributed by atoms with van der Waals surface area (Å²) in [7, 11) is -12.9. The Kier molecular flexibility index (Phi) is 9.98. The van der Waals surface area contributed by atoms with Crippen molar-refractivity contribution in [2.75, 3.05) is 37.4 Å². The zero-order valence-corrected chi connectivity index (χ0v) is 25.0. The van der Waals surface area contributed by atoms with Crippen molar-refractivity contribution in [1.82, 2.24) is 0 Å². The quantitative estimate of drug-likeness (QED) is 0.0835. The molecule has 5 nitrogen and oxygen atoms in total. The number of fused-ring (bicyclic) bond motifs is 1.